The fourth-order valence-corrected chi connectivity index (χ4v) is 9.96. The summed E-state index contributed by atoms with van der Waals surface area (Å²) >= 11 is 3.88. The van der Waals surface area contributed by atoms with Gasteiger partial charge in [-0.3, -0.25) is 0 Å². The molecule has 0 N–H and O–H groups in total. The van der Waals surface area contributed by atoms with E-state index < -0.39 is 0 Å². The van der Waals surface area contributed by atoms with Crippen LogP contribution >= 0.6 is 22.7 Å². The average Bonchev–Trinajstić information content (AvgIpc) is 3.74. The van der Waals surface area contributed by atoms with Crippen LogP contribution < -0.4 is 0 Å². The molecule has 2 nitrogen and oxygen atoms in total. The molecule has 5 aromatic heterocycles. The quantitative estimate of drug-likeness (QED) is 0.169. The van der Waals surface area contributed by atoms with E-state index in [4.69, 9.17) is 0 Å². The lowest BCUT2D eigenvalue weighted by Crippen LogP contribution is -1.96. The van der Waals surface area contributed by atoms with Gasteiger partial charge in [0.1, 0.15) is 0 Å². The number of aromatic nitrogens is 2. The Morgan fingerprint density at radius 1 is 0.375 bits per heavy atom. The Bertz CT molecular complexity index is 2870. The highest BCUT2D eigenvalue weighted by molar-refractivity contribution is 7.28. The van der Waals surface area contributed by atoms with Gasteiger partial charge in [0.05, 0.1) is 33.1 Å². The van der Waals surface area contributed by atoms with Gasteiger partial charge in [0, 0.05) is 61.9 Å². The molecule has 11 rings (SSSR count). The molecule has 0 saturated heterocycles. The number of thiophene rings is 2. The van der Waals surface area contributed by atoms with Crippen molar-refractivity contribution in [2.45, 2.75) is 0 Å². The summed E-state index contributed by atoms with van der Waals surface area (Å²) < 4.78 is 10.6. The normalized spacial score (nSPS) is 13.0. The molecule has 0 aliphatic rings. The Labute approximate surface area is 234 Å². The fourth-order valence-electron chi connectivity index (χ4n) is 7.47. The van der Waals surface area contributed by atoms with E-state index in [1.807, 2.05) is 22.7 Å². The van der Waals surface area contributed by atoms with Crippen LogP contribution in [0.1, 0.15) is 0 Å². The first-order chi connectivity index (χ1) is 19.9. The number of nitrogens with zero attached hydrogens (tertiary/aromatic N) is 2. The van der Waals surface area contributed by atoms with Crippen molar-refractivity contribution in [2.75, 3.05) is 0 Å². The number of para-hydroxylation sites is 2. The van der Waals surface area contributed by atoms with Gasteiger partial charge in [-0.1, -0.05) is 72.8 Å². The van der Waals surface area contributed by atoms with Crippen molar-refractivity contribution in [1.29, 1.82) is 0 Å². The molecule has 5 heterocycles. The third kappa shape index (κ3) is 2.15. The molecule has 0 aliphatic carbocycles. The standard InChI is InChI=1S/C36H18N2S2/c1-4-12-25-19(8-1)22-11-7-13-27-33(22)37(25)28-18-24-21-10-3-6-15-30(21)40-36(24)32-31-26(38(27)34(28)32)17-16-23-20-9-2-5-14-29(20)39-35(23)31/h1-18H. The minimum Gasteiger partial charge on any atom is -0.305 e. The number of fused-ring (bicyclic) bond motifs is 16. The van der Waals surface area contributed by atoms with Crippen molar-refractivity contribution in [1.82, 2.24) is 8.80 Å². The van der Waals surface area contributed by atoms with Crippen LogP contribution in [-0.2, 0) is 0 Å². The number of benzene rings is 6. The molecule has 0 amide bonds. The van der Waals surface area contributed by atoms with Crippen LogP contribution in [0.5, 0.6) is 0 Å². The highest BCUT2D eigenvalue weighted by atomic mass is 32.1. The molecule has 0 saturated carbocycles. The Kier molecular flexibility index (Phi) is 3.42. The van der Waals surface area contributed by atoms with Crippen LogP contribution in [0.2, 0.25) is 0 Å². The zero-order valence-electron chi connectivity index (χ0n) is 21.1. The third-order valence-electron chi connectivity index (χ3n) is 9.02. The topological polar surface area (TPSA) is 8.82 Å². The van der Waals surface area contributed by atoms with Crippen LogP contribution in [0.25, 0.3) is 95.0 Å². The van der Waals surface area contributed by atoms with Crippen molar-refractivity contribution < 1.29 is 0 Å². The Hall–Kier alpha value is -4.64. The van der Waals surface area contributed by atoms with Crippen LogP contribution in [0, 0.1) is 0 Å². The van der Waals surface area contributed by atoms with Crippen LogP contribution in [-0.4, -0.2) is 8.80 Å². The van der Waals surface area contributed by atoms with E-state index in [-0.39, 0.29) is 0 Å². The van der Waals surface area contributed by atoms with Crippen molar-refractivity contribution in [3.05, 3.63) is 109 Å². The lowest BCUT2D eigenvalue weighted by Gasteiger charge is -2.12. The molecule has 40 heavy (non-hydrogen) atoms. The first kappa shape index (κ1) is 20.3. The van der Waals surface area contributed by atoms with Gasteiger partial charge in [-0.2, -0.15) is 0 Å². The monoisotopic (exact) mass is 542 g/mol. The fraction of sp³-hybridized carbons (Fsp3) is 0. The van der Waals surface area contributed by atoms with Gasteiger partial charge in [-0.05, 0) is 36.4 Å². The third-order valence-corrected chi connectivity index (χ3v) is 11.4. The highest BCUT2D eigenvalue weighted by Crippen LogP contribution is 2.50. The maximum Gasteiger partial charge on any atom is 0.0798 e. The van der Waals surface area contributed by atoms with Crippen LogP contribution in [0.15, 0.2) is 109 Å². The minimum absolute atomic E-state index is 1.27. The van der Waals surface area contributed by atoms with E-state index in [1.165, 1.54) is 95.0 Å². The number of hydrogen-bond acceptors (Lipinski definition) is 2. The molecular weight excluding hydrogens is 525 g/mol. The maximum absolute atomic E-state index is 2.56. The number of hydrogen-bond donors (Lipinski definition) is 0. The van der Waals surface area contributed by atoms with E-state index in [0.29, 0.717) is 0 Å². The zero-order valence-corrected chi connectivity index (χ0v) is 22.7. The second-order valence-electron chi connectivity index (χ2n) is 10.9. The second kappa shape index (κ2) is 6.73. The SMILES string of the molecule is c1ccc2c(c1)sc1c2ccc2c1c1c3sc4ccccc4c3cc3c1n2c1cccc2c4ccccc4n3c21. The first-order valence-electron chi connectivity index (χ1n) is 13.6. The Morgan fingerprint density at radius 2 is 1.00 bits per heavy atom. The second-order valence-corrected chi connectivity index (χ2v) is 13.0. The highest BCUT2D eigenvalue weighted by Gasteiger charge is 2.25. The van der Waals surface area contributed by atoms with Gasteiger partial charge in [-0.15, -0.1) is 22.7 Å². The summed E-state index contributed by atoms with van der Waals surface area (Å²) in [7, 11) is 0. The van der Waals surface area contributed by atoms with E-state index in [0.717, 1.165) is 0 Å². The predicted octanol–water partition coefficient (Wildman–Crippen LogP) is 11.0. The summed E-state index contributed by atoms with van der Waals surface area (Å²) in [5.74, 6) is 0. The first-order valence-corrected chi connectivity index (χ1v) is 15.3. The van der Waals surface area contributed by atoms with E-state index in [2.05, 4.69) is 118 Å². The Balaban J connectivity index is 1.58. The van der Waals surface area contributed by atoms with Crippen LogP contribution in [0.4, 0.5) is 0 Å². The van der Waals surface area contributed by atoms with Crippen molar-refractivity contribution in [3.8, 4) is 0 Å². The summed E-state index contributed by atoms with van der Waals surface area (Å²) in [5, 5.41) is 10.8. The van der Waals surface area contributed by atoms with Gasteiger partial charge in [0.2, 0.25) is 0 Å². The van der Waals surface area contributed by atoms with Gasteiger partial charge < -0.3 is 8.80 Å². The molecule has 11 aromatic rings. The molecule has 0 aliphatic heterocycles. The van der Waals surface area contributed by atoms with Crippen molar-refractivity contribution in [3.63, 3.8) is 0 Å². The lowest BCUT2D eigenvalue weighted by molar-refractivity contribution is 1.26. The largest absolute Gasteiger partial charge is 0.305 e. The molecular formula is C36H18N2S2. The van der Waals surface area contributed by atoms with E-state index in [1.54, 1.807) is 0 Å². The van der Waals surface area contributed by atoms with E-state index >= 15 is 0 Å². The maximum atomic E-state index is 2.56. The molecule has 0 bridgehead atoms. The lowest BCUT2D eigenvalue weighted by atomic mass is 10.0. The molecule has 6 aromatic carbocycles. The summed E-state index contributed by atoms with van der Waals surface area (Å²) in [6.07, 6.45) is 0. The summed E-state index contributed by atoms with van der Waals surface area (Å²) in [5.41, 5.74) is 7.73. The average molecular weight is 543 g/mol. The smallest absolute Gasteiger partial charge is 0.0798 e. The minimum atomic E-state index is 1.27. The molecule has 0 atom stereocenters. The molecule has 184 valence electrons. The Morgan fingerprint density at radius 3 is 1.82 bits per heavy atom. The van der Waals surface area contributed by atoms with Gasteiger partial charge in [0.25, 0.3) is 0 Å². The van der Waals surface area contributed by atoms with Gasteiger partial charge in [0.15, 0.2) is 0 Å². The molecule has 0 fully saturated rings. The molecule has 0 radical (unpaired) electrons. The molecule has 0 unspecified atom stereocenters. The molecule has 0 spiro atoms. The predicted molar refractivity (Wildman–Crippen MR) is 175 cm³/mol. The summed E-state index contributed by atoms with van der Waals surface area (Å²) in [4.78, 5) is 0. The number of rotatable bonds is 0. The van der Waals surface area contributed by atoms with Crippen LogP contribution in [0.3, 0.4) is 0 Å². The van der Waals surface area contributed by atoms with E-state index in [9.17, 15) is 0 Å². The van der Waals surface area contributed by atoms with Gasteiger partial charge >= 0.3 is 0 Å². The summed E-state index contributed by atoms with van der Waals surface area (Å²) in [6.45, 7) is 0. The summed E-state index contributed by atoms with van der Waals surface area (Å²) in [6, 6.07) is 40.7. The molecule has 4 heteroatoms. The van der Waals surface area contributed by atoms with Crippen molar-refractivity contribution in [2.24, 2.45) is 0 Å². The van der Waals surface area contributed by atoms with Gasteiger partial charge in [-0.25, -0.2) is 0 Å². The zero-order chi connectivity index (χ0) is 25.7. The van der Waals surface area contributed by atoms with Crippen molar-refractivity contribution >= 4 is 118 Å².